The first-order valence-electron chi connectivity index (χ1n) is 6.97. The summed E-state index contributed by atoms with van der Waals surface area (Å²) >= 11 is 0. The summed E-state index contributed by atoms with van der Waals surface area (Å²) in [5, 5.41) is 0. The Morgan fingerprint density at radius 3 is 2.55 bits per heavy atom. The molecule has 2 aromatic carbocycles. The number of hydrogen-bond donors (Lipinski definition) is 0. The first-order valence-corrected chi connectivity index (χ1v) is 6.97. The van der Waals surface area contributed by atoms with Crippen LogP contribution in [-0.4, -0.2) is 27.2 Å². The number of nitrogens with zero attached hydrogens (tertiary/aromatic N) is 1. The molecule has 3 rings (SSSR count). The van der Waals surface area contributed by atoms with Crippen molar-refractivity contribution in [3.05, 3.63) is 53.6 Å². The predicted molar refractivity (Wildman–Crippen MR) is 87.3 cm³/mol. The van der Waals surface area contributed by atoms with Crippen molar-refractivity contribution in [3.63, 3.8) is 0 Å². The van der Waals surface area contributed by atoms with Gasteiger partial charge in [0.05, 0.1) is 19.9 Å². The van der Waals surface area contributed by atoms with Crippen LogP contribution in [0.4, 0.5) is 5.69 Å². The monoisotopic (exact) mass is 295 g/mol. The van der Waals surface area contributed by atoms with Crippen LogP contribution < -0.4 is 14.4 Å². The normalized spacial score (nSPS) is 15.1. The number of ether oxygens (including phenoxy) is 2. The van der Waals surface area contributed by atoms with Crippen LogP contribution in [0.2, 0.25) is 0 Å². The summed E-state index contributed by atoms with van der Waals surface area (Å²) in [4.78, 5) is 14.2. The third kappa shape index (κ3) is 2.22. The minimum atomic E-state index is -0.0222. The molecule has 0 atom stereocenters. The average Bonchev–Trinajstić information content (AvgIpc) is 2.80. The molecular formula is C18H17NO3. The van der Waals surface area contributed by atoms with E-state index in [1.165, 1.54) is 0 Å². The Morgan fingerprint density at radius 1 is 1.05 bits per heavy atom. The van der Waals surface area contributed by atoms with Crippen molar-refractivity contribution in [3.8, 4) is 11.5 Å². The third-order valence-electron chi connectivity index (χ3n) is 3.83. The number of anilines is 1. The summed E-state index contributed by atoms with van der Waals surface area (Å²) in [5.74, 6) is 1.40. The zero-order chi connectivity index (χ0) is 15.7. The summed E-state index contributed by atoms with van der Waals surface area (Å²) in [5.41, 5.74) is 3.32. The summed E-state index contributed by atoms with van der Waals surface area (Å²) in [6.07, 6.45) is 1.85. The lowest BCUT2D eigenvalue weighted by atomic mass is 10.0. The second-order valence-corrected chi connectivity index (χ2v) is 5.05. The highest BCUT2D eigenvalue weighted by atomic mass is 16.5. The number of likely N-dealkylation sites (N-methyl/N-ethyl adjacent to an activating group) is 1. The van der Waals surface area contributed by atoms with Crippen LogP contribution >= 0.6 is 0 Å². The molecule has 22 heavy (non-hydrogen) atoms. The number of methoxy groups -OCH3 is 2. The van der Waals surface area contributed by atoms with E-state index in [-0.39, 0.29) is 5.91 Å². The fourth-order valence-corrected chi connectivity index (χ4v) is 2.65. The molecule has 0 fully saturated rings. The fourth-order valence-electron chi connectivity index (χ4n) is 2.65. The number of rotatable bonds is 3. The Balaban J connectivity index is 2.15. The van der Waals surface area contributed by atoms with Gasteiger partial charge in [0.25, 0.3) is 5.91 Å². The lowest BCUT2D eigenvalue weighted by molar-refractivity contribution is -0.112. The fraction of sp³-hybridized carbons (Fsp3) is 0.167. The van der Waals surface area contributed by atoms with E-state index in [1.54, 1.807) is 26.2 Å². The van der Waals surface area contributed by atoms with Gasteiger partial charge in [-0.25, -0.2) is 0 Å². The van der Waals surface area contributed by atoms with Crippen LogP contribution in [0, 0.1) is 0 Å². The van der Waals surface area contributed by atoms with Crippen molar-refractivity contribution in [2.45, 2.75) is 0 Å². The van der Waals surface area contributed by atoms with Gasteiger partial charge < -0.3 is 14.4 Å². The van der Waals surface area contributed by atoms with E-state index in [1.807, 2.05) is 48.5 Å². The van der Waals surface area contributed by atoms with Gasteiger partial charge >= 0.3 is 0 Å². The molecule has 0 aromatic heterocycles. The van der Waals surface area contributed by atoms with Crippen molar-refractivity contribution in [1.82, 2.24) is 0 Å². The maximum Gasteiger partial charge on any atom is 0.258 e. The van der Waals surface area contributed by atoms with Crippen LogP contribution in [0.15, 0.2) is 42.5 Å². The molecule has 0 N–H and O–H groups in total. The van der Waals surface area contributed by atoms with Crippen LogP contribution in [0.25, 0.3) is 11.6 Å². The Kier molecular flexibility index (Phi) is 3.59. The molecule has 4 nitrogen and oxygen atoms in total. The highest BCUT2D eigenvalue weighted by Gasteiger charge is 2.29. The van der Waals surface area contributed by atoms with Gasteiger partial charge in [0.1, 0.15) is 11.5 Å². The van der Waals surface area contributed by atoms with Gasteiger partial charge in [-0.15, -0.1) is 0 Å². The molecule has 0 saturated heterocycles. The van der Waals surface area contributed by atoms with Crippen molar-refractivity contribution in [2.75, 3.05) is 26.2 Å². The van der Waals surface area contributed by atoms with Crippen molar-refractivity contribution in [2.24, 2.45) is 0 Å². The van der Waals surface area contributed by atoms with Gasteiger partial charge in [-0.2, -0.15) is 0 Å². The highest BCUT2D eigenvalue weighted by Crippen LogP contribution is 2.38. The molecule has 1 aliphatic heterocycles. The van der Waals surface area contributed by atoms with Crippen LogP contribution in [0.5, 0.6) is 11.5 Å². The molecule has 0 unspecified atom stereocenters. The van der Waals surface area contributed by atoms with Gasteiger partial charge in [0, 0.05) is 23.7 Å². The molecule has 0 radical (unpaired) electrons. The van der Waals surface area contributed by atoms with E-state index in [0.717, 1.165) is 22.6 Å². The largest absolute Gasteiger partial charge is 0.497 e. The Hall–Kier alpha value is -2.75. The number of hydrogen-bond acceptors (Lipinski definition) is 3. The van der Waals surface area contributed by atoms with E-state index in [2.05, 4.69) is 0 Å². The maximum absolute atomic E-state index is 12.5. The Morgan fingerprint density at radius 2 is 1.82 bits per heavy atom. The number of amides is 1. The van der Waals surface area contributed by atoms with E-state index in [0.29, 0.717) is 11.3 Å². The molecule has 1 aliphatic rings. The van der Waals surface area contributed by atoms with Crippen molar-refractivity contribution >= 4 is 23.2 Å². The molecule has 0 saturated carbocycles. The first kappa shape index (κ1) is 14.2. The quantitative estimate of drug-likeness (QED) is 0.816. The molecule has 0 spiro atoms. The zero-order valence-corrected chi connectivity index (χ0v) is 12.8. The number of carbonyl (C=O) groups excluding carboxylic acids is 1. The minimum Gasteiger partial charge on any atom is -0.497 e. The number of para-hydroxylation sites is 1. The molecule has 4 heteroatoms. The van der Waals surface area contributed by atoms with Gasteiger partial charge in [-0.1, -0.05) is 18.2 Å². The van der Waals surface area contributed by atoms with E-state index >= 15 is 0 Å². The van der Waals surface area contributed by atoms with Gasteiger partial charge in [0.15, 0.2) is 0 Å². The topological polar surface area (TPSA) is 38.8 Å². The number of carbonyl (C=O) groups is 1. The van der Waals surface area contributed by atoms with Gasteiger partial charge in [-0.3, -0.25) is 4.79 Å². The maximum atomic E-state index is 12.5. The minimum absolute atomic E-state index is 0.0222. The Bertz CT molecular complexity index is 765. The highest BCUT2D eigenvalue weighted by molar-refractivity contribution is 6.35. The molecule has 1 heterocycles. The Labute approximate surface area is 129 Å². The second kappa shape index (κ2) is 5.56. The number of benzene rings is 2. The van der Waals surface area contributed by atoms with Crippen LogP contribution in [-0.2, 0) is 4.79 Å². The summed E-state index contributed by atoms with van der Waals surface area (Å²) in [6, 6.07) is 13.3. The summed E-state index contributed by atoms with van der Waals surface area (Å²) in [6.45, 7) is 0. The zero-order valence-electron chi connectivity index (χ0n) is 12.8. The van der Waals surface area contributed by atoms with Crippen LogP contribution in [0.1, 0.15) is 11.1 Å². The number of fused-ring (bicyclic) bond motifs is 1. The predicted octanol–water partition coefficient (Wildman–Crippen LogP) is 3.22. The summed E-state index contributed by atoms with van der Waals surface area (Å²) in [7, 11) is 5.01. The van der Waals surface area contributed by atoms with Gasteiger partial charge in [0.2, 0.25) is 0 Å². The third-order valence-corrected chi connectivity index (χ3v) is 3.83. The standard InChI is InChI=1S/C18H17NO3/c1-19-16-7-5-4-6-14(16)15(18(19)20)11-12-10-13(21-2)8-9-17(12)22-3/h4-11H,1-3H3/b15-11-. The van der Waals surface area contributed by atoms with Crippen LogP contribution in [0.3, 0.4) is 0 Å². The van der Waals surface area contributed by atoms with E-state index in [9.17, 15) is 4.79 Å². The molecule has 112 valence electrons. The first-order chi connectivity index (χ1) is 10.7. The van der Waals surface area contributed by atoms with E-state index < -0.39 is 0 Å². The summed E-state index contributed by atoms with van der Waals surface area (Å²) < 4.78 is 10.6. The van der Waals surface area contributed by atoms with E-state index in [4.69, 9.17) is 9.47 Å². The molecule has 0 bridgehead atoms. The smallest absolute Gasteiger partial charge is 0.258 e. The average molecular weight is 295 g/mol. The molecule has 2 aromatic rings. The molecule has 0 aliphatic carbocycles. The molecule has 1 amide bonds. The van der Waals surface area contributed by atoms with Crippen molar-refractivity contribution < 1.29 is 14.3 Å². The lowest BCUT2D eigenvalue weighted by Crippen LogP contribution is -2.20. The van der Waals surface area contributed by atoms with Gasteiger partial charge in [-0.05, 0) is 30.3 Å². The second-order valence-electron chi connectivity index (χ2n) is 5.05. The lowest BCUT2D eigenvalue weighted by Gasteiger charge is -2.09. The SMILES string of the molecule is COc1ccc(OC)c(/C=C2\C(=O)N(C)c3ccccc32)c1. The molecular weight excluding hydrogens is 278 g/mol. The van der Waals surface area contributed by atoms with Crippen molar-refractivity contribution in [1.29, 1.82) is 0 Å².